The van der Waals surface area contributed by atoms with Crippen LogP contribution in [0.2, 0.25) is 0 Å². The molecule has 2 rings (SSSR count). The van der Waals surface area contributed by atoms with Crippen molar-refractivity contribution in [1.82, 2.24) is 15.2 Å². The van der Waals surface area contributed by atoms with Crippen molar-refractivity contribution in [2.45, 2.75) is 0 Å². The van der Waals surface area contributed by atoms with E-state index >= 15 is 0 Å². The first-order chi connectivity index (χ1) is 8.75. The number of amides is 1. The lowest BCUT2D eigenvalue weighted by molar-refractivity contribution is 0.1000. The molecule has 0 saturated carbocycles. The smallest absolute Gasteiger partial charge is 0.250 e. The molecule has 1 aromatic rings. The Bertz CT molecular complexity index is 466. The van der Waals surface area contributed by atoms with Crippen molar-refractivity contribution < 1.29 is 4.79 Å². The van der Waals surface area contributed by atoms with Crippen LogP contribution in [-0.2, 0) is 0 Å². The Hall–Kier alpha value is -1.90. The molecule has 0 unspecified atom stereocenters. The molecule has 2 heterocycles. The van der Waals surface area contributed by atoms with Gasteiger partial charge in [-0.2, -0.15) is 0 Å². The molecule has 1 aromatic heterocycles. The molecular formula is C13H16N4O. The van der Waals surface area contributed by atoms with Crippen molar-refractivity contribution in [2.24, 2.45) is 5.73 Å². The van der Waals surface area contributed by atoms with E-state index in [-0.39, 0.29) is 0 Å². The van der Waals surface area contributed by atoms with Crippen LogP contribution < -0.4 is 11.1 Å². The summed E-state index contributed by atoms with van der Waals surface area (Å²) >= 11 is 0. The molecule has 0 aliphatic carbocycles. The molecule has 1 fully saturated rings. The standard InChI is InChI=1S/C13H16N4O/c14-13(18)11-3-4-12(16-10-11)2-1-7-17-8-5-15-6-9-17/h3-4,10,15H,5-9H2,(H2,14,18). The Morgan fingerprint density at radius 2 is 2.22 bits per heavy atom. The third-order valence-corrected chi connectivity index (χ3v) is 2.78. The van der Waals surface area contributed by atoms with E-state index in [1.54, 1.807) is 12.1 Å². The highest BCUT2D eigenvalue weighted by Gasteiger charge is 2.06. The molecule has 0 radical (unpaired) electrons. The van der Waals surface area contributed by atoms with Gasteiger partial charge in [-0.05, 0) is 18.1 Å². The predicted molar refractivity (Wildman–Crippen MR) is 68.9 cm³/mol. The number of carbonyl (C=O) groups is 1. The molecule has 1 aliphatic rings. The molecular weight excluding hydrogens is 228 g/mol. The lowest BCUT2D eigenvalue weighted by atomic mass is 10.2. The zero-order valence-electron chi connectivity index (χ0n) is 10.1. The Morgan fingerprint density at radius 3 is 2.83 bits per heavy atom. The zero-order chi connectivity index (χ0) is 12.8. The highest BCUT2D eigenvalue weighted by atomic mass is 16.1. The zero-order valence-corrected chi connectivity index (χ0v) is 10.1. The van der Waals surface area contributed by atoms with Gasteiger partial charge in [-0.3, -0.25) is 9.69 Å². The Balaban J connectivity index is 1.90. The topological polar surface area (TPSA) is 71.2 Å². The van der Waals surface area contributed by atoms with Crippen LogP contribution in [-0.4, -0.2) is 48.5 Å². The first kappa shape index (κ1) is 12.6. The number of pyridine rings is 1. The third kappa shape index (κ3) is 3.55. The summed E-state index contributed by atoms with van der Waals surface area (Å²) in [7, 11) is 0. The lowest BCUT2D eigenvalue weighted by Crippen LogP contribution is -2.43. The van der Waals surface area contributed by atoms with Crippen molar-refractivity contribution >= 4 is 5.91 Å². The number of hydrogen-bond acceptors (Lipinski definition) is 4. The second-order valence-electron chi connectivity index (χ2n) is 4.12. The minimum absolute atomic E-state index is 0.405. The molecule has 0 aromatic carbocycles. The highest BCUT2D eigenvalue weighted by molar-refractivity contribution is 5.92. The van der Waals surface area contributed by atoms with Crippen LogP contribution in [0.4, 0.5) is 0 Å². The van der Waals surface area contributed by atoms with Crippen LogP contribution in [0.3, 0.4) is 0 Å². The average Bonchev–Trinajstić information content (AvgIpc) is 2.40. The fraction of sp³-hybridized carbons (Fsp3) is 0.385. The fourth-order valence-corrected chi connectivity index (χ4v) is 1.72. The van der Waals surface area contributed by atoms with Gasteiger partial charge in [0.2, 0.25) is 5.91 Å². The quantitative estimate of drug-likeness (QED) is 0.684. The summed E-state index contributed by atoms with van der Waals surface area (Å²) in [6, 6.07) is 3.36. The van der Waals surface area contributed by atoms with Crippen molar-refractivity contribution in [3.8, 4) is 11.8 Å². The van der Waals surface area contributed by atoms with E-state index in [0.717, 1.165) is 32.7 Å². The van der Waals surface area contributed by atoms with Crippen LogP contribution in [0.5, 0.6) is 0 Å². The van der Waals surface area contributed by atoms with Gasteiger partial charge in [-0.1, -0.05) is 5.92 Å². The molecule has 1 saturated heterocycles. The van der Waals surface area contributed by atoms with E-state index in [9.17, 15) is 4.79 Å². The van der Waals surface area contributed by atoms with Gasteiger partial charge < -0.3 is 11.1 Å². The molecule has 1 amide bonds. The molecule has 18 heavy (non-hydrogen) atoms. The molecule has 1 aliphatic heterocycles. The summed E-state index contributed by atoms with van der Waals surface area (Å²) in [5, 5.41) is 3.29. The number of rotatable bonds is 2. The van der Waals surface area contributed by atoms with E-state index in [0.29, 0.717) is 11.3 Å². The molecule has 0 spiro atoms. The molecule has 0 atom stereocenters. The summed E-state index contributed by atoms with van der Waals surface area (Å²) in [5.74, 6) is 5.60. The van der Waals surface area contributed by atoms with Gasteiger partial charge in [0.05, 0.1) is 12.1 Å². The molecule has 0 bridgehead atoms. The SMILES string of the molecule is NC(=O)c1ccc(C#CCN2CCNCC2)nc1. The van der Waals surface area contributed by atoms with Crippen LogP contribution in [0.1, 0.15) is 16.1 Å². The Morgan fingerprint density at radius 1 is 1.44 bits per heavy atom. The van der Waals surface area contributed by atoms with Gasteiger partial charge in [0.1, 0.15) is 5.69 Å². The second kappa shape index (κ2) is 6.15. The minimum Gasteiger partial charge on any atom is -0.366 e. The number of nitrogens with zero attached hydrogens (tertiary/aromatic N) is 2. The fourth-order valence-electron chi connectivity index (χ4n) is 1.72. The maximum atomic E-state index is 10.9. The number of carbonyl (C=O) groups excluding carboxylic acids is 1. The molecule has 3 N–H and O–H groups in total. The van der Waals surface area contributed by atoms with Crippen LogP contribution in [0.25, 0.3) is 0 Å². The summed E-state index contributed by atoms with van der Waals surface area (Å²) in [6.07, 6.45) is 1.46. The molecule has 5 heteroatoms. The summed E-state index contributed by atoms with van der Waals surface area (Å²) in [6.45, 7) is 4.85. The number of nitrogens with two attached hydrogens (primary N) is 1. The maximum Gasteiger partial charge on any atom is 0.250 e. The number of primary amides is 1. The maximum absolute atomic E-state index is 10.9. The van der Waals surface area contributed by atoms with Gasteiger partial charge in [0.25, 0.3) is 0 Å². The van der Waals surface area contributed by atoms with E-state index < -0.39 is 5.91 Å². The Labute approximate surface area is 106 Å². The monoisotopic (exact) mass is 244 g/mol. The van der Waals surface area contributed by atoms with Crippen molar-refractivity contribution in [1.29, 1.82) is 0 Å². The van der Waals surface area contributed by atoms with E-state index in [4.69, 9.17) is 5.73 Å². The Kier molecular flexibility index (Phi) is 4.29. The summed E-state index contributed by atoms with van der Waals surface area (Å²) < 4.78 is 0. The number of piperazine rings is 1. The highest BCUT2D eigenvalue weighted by Crippen LogP contribution is 1.98. The van der Waals surface area contributed by atoms with Crippen molar-refractivity contribution in [3.05, 3.63) is 29.6 Å². The van der Waals surface area contributed by atoms with Crippen LogP contribution in [0, 0.1) is 11.8 Å². The predicted octanol–water partition coefficient (Wildman–Crippen LogP) is -0.563. The molecule has 5 nitrogen and oxygen atoms in total. The minimum atomic E-state index is -0.470. The first-order valence-electron chi connectivity index (χ1n) is 5.93. The number of aromatic nitrogens is 1. The van der Waals surface area contributed by atoms with Gasteiger partial charge in [-0.25, -0.2) is 4.98 Å². The van der Waals surface area contributed by atoms with Crippen molar-refractivity contribution in [2.75, 3.05) is 32.7 Å². The summed E-state index contributed by atoms with van der Waals surface area (Å²) in [5.41, 5.74) is 6.20. The lowest BCUT2D eigenvalue weighted by Gasteiger charge is -2.24. The normalized spacial score (nSPS) is 15.8. The van der Waals surface area contributed by atoms with Gasteiger partial charge in [0.15, 0.2) is 0 Å². The second-order valence-corrected chi connectivity index (χ2v) is 4.12. The summed E-state index contributed by atoms with van der Waals surface area (Å²) in [4.78, 5) is 17.2. The first-order valence-corrected chi connectivity index (χ1v) is 5.93. The van der Waals surface area contributed by atoms with Crippen LogP contribution >= 0.6 is 0 Å². The average molecular weight is 244 g/mol. The van der Waals surface area contributed by atoms with E-state index in [2.05, 4.69) is 27.0 Å². The molecule has 94 valence electrons. The number of nitrogens with one attached hydrogen (secondary N) is 1. The van der Waals surface area contributed by atoms with Gasteiger partial charge in [0, 0.05) is 32.4 Å². The van der Waals surface area contributed by atoms with Crippen molar-refractivity contribution in [3.63, 3.8) is 0 Å². The van der Waals surface area contributed by atoms with Gasteiger partial charge in [-0.15, -0.1) is 0 Å². The van der Waals surface area contributed by atoms with E-state index in [1.165, 1.54) is 6.20 Å². The largest absolute Gasteiger partial charge is 0.366 e. The van der Waals surface area contributed by atoms with E-state index in [1.807, 2.05) is 0 Å². The number of hydrogen-bond donors (Lipinski definition) is 2. The van der Waals surface area contributed by atoms with Gasteiger partial charge >= 0.3 is 0 Å². The third-order valence-electron chi connectivity index (χ3n) is 2.78. The van der Waals surface area contributed by atoms with Crippen LogP contribution in [0.15, 0.2) is 18.3 Å².